The Balaban J connectivity index is 2.08. The number of hydrogen-bond acceptors (Lipinski definition) is 11. The zero-order chi connectivity index (χ0) is 26.0. The van der Waals surface area contributed by atoms with Crippen molar-refractivity contribution in [3.05, 3.63) is 6.33 Å². The second-order valence-electron chi connectivity index (χ2n) is 7.41. The molecule has 2 rings (SSSR count). The lowest BCUT2D eigenvalue weighted by Gasteiger charge is -2.26. The van der Waals surface area contributed by atoms with Gasteiger partial charge >= 0.3 is 11.9 Å². The van der Waals surface area contributed by atoms with Crippen molar-refractivity contribution in [3.63, 3.8) is 0 Å². The van der Waals surface area contributed by atoms with Crippen molar-refractivity contribution in [2.45, 2.75) is 53.2 Å². The minimum absolute atomic E-state index is 0.0439. The lowest BCUT2D eigenvalue weighted by molar-refractivity contribution is -0.145. The average molecular weight is 516 g/mol. The number of fused-ring (bicyclic) bond motifs is 1. The summed E-state index contributed by atoms with van der Waals surface area (Å²) < 4.78 is 36.3. The van der Waals surface area contributed by atoms with Gasteiger partial charge in [-0.15, -0.1) is 0 Å². The Labute approximate surface area is 203 Å². The average Bonchev–Trinajstić information content (AvgIpc) is 3.20. The second-order valence-corrected chi connectivity index (χ2v) is 9.67. The zero-order valence-corrected chi connectivity index (χ0v) is 21.5. The Hall–Kier alpha value is -2.80. The van der Waals surface area contributed by atoms with Crippen molar-refractivity contribution in [2.24, 2.45) is 0 Å². The molecular weight excluding hydrogens is 481 g/mol. The molecule has 2 heterocycles. The molecule has 0 saturated heterocycles. The van der Waals surface area contributed by atoms with Gasteiger partial charge in [0.25, 0.3) is 0 Å². The number of imidazole rings is 1. The maximum atomic E-state index is 13.6. The Kier molecular flexibility index (Phi) is 10.8. The Morgan fingerprint density at radius 3 is 2.20 bits per heavy atom. The molecule has 0 bridgehead atoms. The Morgan fingerprint density at radius 1 is 1.06 bits per heavy atom. The molecule has 0 unspecified atom stereocenters. The number of nitrogens with zero attached hydrogens (tertiary/aromatic N) is 4. The van der Waals surface area contributed by atoms with Crippen molar-refractivity contribution < 1.29 is 33.1 Å². The van der Waals surface area contributed by atoms with E-state index in [0.29, 0.717) is 24.3 Å². The first kappa shape index (κ1) is 28.4. The number of ether oxygens (including phenoxy) is 4. The highest BCUT2D eigenvalue weighted by molar-refractivity contribution is 7.59. The fourth-order valence-electron chi connectivity index (χ4n) is 3.07. The van der Waals surface area contributed by atoms with Crippen molar-refractivity contribution in [2.75, 3.05) is 38.5 Å². The van der Waals surface area contributed by atoms with Crippen LogP contribution >= 0.6 is 7.44 Å². The molecule has 2 atom stereocenters. The number of nitrogens with two attached hydrogens (primary N) is 1. The number of carbonyl (C=O) groups excluding carboxylic acids is 2. The lowest BCUT2D eigenvalue weighted by Crippen LogP contribution is -2.42. The quantitative estimate of drug-likeness (QED) is 0.174. The molecule has 0 radical (unpaired) electrons. The number of rotatable bonds is 15. The summed E-state index contributed by atoms with van der Waals surface area (Å²) in [6, 6.07) is -1.80. The van der Waals surface area contributed by atoms with Gasteiger partial charge in [0.15, 0.2) is 11.2 Å². The standard InChI is InChI=1S/C20H34N7O7P/c1-6-32-17-15-16(23-20(21)24-17)27(11-22-15)9-10-31-12-35(30,25-13(4)18(28)33-7-2)26-14(5)19(29)34-8-3/h11,13-14H,6-10,12H2,1-5H3,(H2,21,23,24)(H2,25,26,30)/t13-,14-/m0/s1. The summed E-state index contributed by atoms with van der Waals surface area (Å²) in [6.07, 6.45) is 1.24. The first-order valence-electron chi connectivity index (χ1n) is 11.3. The van der Waals surface area contributed by atoms with Crippen LogP contribution in [0.5, 0.6) is 5.88 Å². The van der Waals surface area contributed by atoms with E-state index in [9.17, 15) is 14.2 Å². The summed E-state index contributed by atoms with van der Waals surface area (Å²) in [6.45, 7) is 9.36. The molecule has 14 nitrogen and oxygen atoms in total. The van der Waals surface area contributed by atoms with E-state index in [-0.39, 0.29) is 38.0 Å². The summed E-state index contributed by atoms with van der Waals surface area (Å²) >= 11 is 0. The van der Waals surface area contributed by atoms with E-state index in [4.69, 9.17) is 24.7 Å². The highest BCUT2D eigenvalue weighted by Crippen LogP contribution is 2.37. The summed E-state index contributed by atoms with van der Waals surface area (Å²) in [4.78, 5) is 36.6. The lowest BCUT2D eigenvalue weighted by atomic mass is 10.4. The van der Waals surface area contributed by atoms with E-state index in [1.165, 1.54) is 13.8 Å². The highest BCUT2D eigenvalue weighted by Gasteiger charge is 2.32. The third kappa shape index (κ3) is 8.13. The monoisotopic (exact) mass is 515 g/mol. The number of esters is 2. The summed E-state index contributed by atoms with van der Waals surface area (Å²) in [7, 11) is -3.58. The first-order valence-corrected chi connectivity index (χ1v) is 13.2. The smallest absolute Gasteiger partial charge is 0.323 e. The molecule has 0 aliphatic rings. The Bertz CT molecular complexity index is 1020. The number of aromatic nitrogens is 4. The van der Waals surface area contributed by atoms with E-state index >= 15 is 0 Å². The van der Waals surface area contributed by atoms with Crippen LogP contribution in [0.15, 0.2) is 6.33 Å². The van der Waals surface area contributed by atoms with Gasteiger partial charge in [0.2, 0.25) is 19.3 Å². The fraction of sp³-hybridized carbons (Fsp3) is 0.650. The van der Waals surface area contributed by atoms with Gasteiger partial charge in [-0.25, -0.2) is 15.2 Å². The van der Waals surface area contributed by atoms with Crippen LogP contribution in [-0.2, 0) is 34.9 Å². The van der Waals surface area contributed by atoms with Gasteiger partial charge in [0.1, 0.15) is 18.4 Å². The molecule has 35 heavy (non-hydrogen) atoms. The summed E-state index contributed by atoms with van der Waals surface area (Å²) in [5.41, 5.74) is 6.70. The number of carbonyl (C=O) groups is 2. The van der Waals surface area contributed by atoms with Crippen LogP contribution in [0.25, 0.3) is 11.2 Å². The minimum atomic E-state index is -3.58. The largest absolute Gasteiger partial charge is 0.476 e. The molecular formula is C20H34N7O7P. The third-order valence-electron chi connectivity index (χ3n) is 4.56. The molecule has 2 aromatic rings. The SMILES string of the molecule is CCOC(=O)[C@H](C)NP(=O)(COCCn1cnc2c(OCC)nc(N)nc21)N[C@@H](C)C(=O)OCC. The fourth-order valence-corrected chi connectivity index (χ4v) is 5.14. The van der Waals surface area contributed by atoms with Crippen molar-refractivity contribution >= 4 is 36.5 Å². The van der Waals surface area contributed by atoms with E-state index in [2.05, 4.69) is 25.1 Å². The van der Waals surface area contributed by atoms with Crippen molar-refractivity contribution in [1.29, 1.82) is 0 Å². The number of hydrogen-bond donors (Lipinski definition) is 3. The molecule has 0 aliphatic heterocycles. The predicted molar refractivity (Wildman–Crippen MR) is 128 cm³/mol. The minimum Gasteiger partial charge on any atom is -0.476 e. The van der Waals surface area contributed by atoms with Gasteiger partial charge in [-0.05, 0) is 34.6 Å². The van der Waals surface area contributed by atoms with Crippen LogP contribution in [0, 0.1) is 0 Å². The molecule has 0 aliphatic carbocycles. The van der Waals surface area contributed by atoms with E-state index in [1.54, 1.807) is 24.7 Å². The van der Waals surface area contributed by atoms with Crippen molar-refractivity contribution in [3.8, 4) is 5.88 Å². The predicted octanol–water partition coefficient (Wildman–Crippen LogP) is 1.06. The van der Waals surface area contributed by atoms with Crippen molar-refractivity contribution in [1.82, 2.24) is 29.7 Å². The molecule has 0 spiro atoms. The number of anilines is 1. The van der Waals surface area contributed by atoms with Crippen LogP contribution < -0.4 is 20.6 Å². The molecule has 2 aromatic heterocycles. The molecule has 15 heteroatoms. The van der Waals surface area contributed by atoms with Crippen LogP contribution in [0.4, 0.5) is 5.95 Å². The number of nitrogen functional groups attached to an aromatic ring is 1. The molecule has 0 amide bonds. The molecule has 0 fully saturated rings. The number of nitrogens with one attached hydrogen (secondary N) is 2. The van der Waals surface area contributed by atoms with E-state index in [0.717, 1.165) is 0 Å². The third-order valence-corrected chi connectivity index (χ3v) is 6.72. The van der Waals surface area contributed by atoms with E-state index < -0.39 is 31.5 Å². The molecule has 196 valence electrons. The summed E-state index contributed by atoms with van der Waals surface area (Å²) in [5.74, 6) is -0.827. The van der Waals surface area contributed by atoms with Gasteiger partial charge in [0.05, 0.1) is 32.8 Å². The Morgan fingerprint density at radius 2 is 1.66 bits per heavy atom. The van der Waals surface area contributed by atoms with Gasteiger partial charge < -0.3 is 29.2 Å². The van der Waals surface area contributed by atoms with Crippen LogP contribution in [0.3, 0.4) is 0 Å². The van der Waals surface area contributed by atoms with Crippen LogP contribution in [-0.4, -0.2) is 76.3 Å². The van der Waals surface area contributed by atoms with Crippen LogP contribution in [0.1, 0.15) is 34.6 Å². The topological polar surface area (TPSA) is 182 Å². The molecule has 0 saturated carbocycles. The van der Waals surface area contributed by atoms with Crippen LogP contribution in [0.2, 0.25) is 0 Å². The summed E-state index contributed by atoms with van der Waals surface area (Å²) in [5, 5.41) is 5.44. The second kappa shape index (κ2) is 13.3. The zero-order valence-electron chi connectivity index (χ0n) is 20.6. The van der Waals surface area contributed by atoms with Gasteiger partial charge in [-0.1, -0.05) is 0 Å². The molecule has 4 N–H and O–H groups in total. The van der Waals surface area contributed by atoms with Gasteiger partial charge in [-0.3, -0.25) is 14.2 Å². The molecule has 0 aromatic carbocycles. The first-order chi connectivity index (χ1) is 16.6. The normalized spacial score (nSPS) is 13.4. The maximum absolute atomic E-state index is 13.6. The van der Waals surface area contributed by atoms with Gasteiger partial charge in [0, 0.05) is 6.54 Å². The van der Waals surface area contributed by atoms with Gasteiger partial charge in [-0.2, -0.15) is 9.97 Å². The maximum Gasteiger partial charge on any atom is 0.323 e. The van der Waals surface area contributed by atoms with E-state index in [1.807, 2.05) is 6.92 Å². The highest BCUT2D eigenvalue weighted by atomic mass is 31.2.